The third-order valence-electron chi connectivity index (χ3n) is 8.25. The van der Waals surface area contributed by atoms with Gasteiger partial charge in [0.1, 0.15) is 61.2 Å². The summed E-state index contributed by atoms with van der Waals surface area (Å²) in [5.74, 6) is -3.79. The van der Waals surface area contributed by atoms with Gasteiger partial charge in [-0.3, -0.25) is 9.59 Å². The number of allylic oxidation sites excluding steroid dienone is 1. The Morgan fingerprint density at radius 1 is 0.840 bits per heavy atom. The monoisotopic (exact) mass is 692 g/mol. The number of fused-ring (bicyclic) bond motifs is 4. The van der Waals surface area contributed by atoms with Gasteiger partial charge in [0, 0.05) is 35.9 Å². The maximum atomic E-state index is 14.8. The molecule has 2 heterocycles. The van der Waals surface area contributed by atoms with Crippen LogP contribution >= 0.6 is 0 Å². The first-order valence-electron chi connectivity index (χ1n) is 15.7. The molecule has 0 spiro atoms. The zero-order valence-corrected chi connectivity index (χ0v) is 26.9. The Hall–Kier alpha value is -5.60. The molecule has 2 aliphatic heterocycles. The molecule has 1 unspecified atom stereocenters. The van der Waals surface area contributed by atoms with Crippen LogP contribution in [0.15, 0.2) is 77.8 Å². The molecule has 4 N–H and O–H groups in total. The quantitative estimate of drug-likeness (QED) is 0.299. The van der Waals surface area contributed by atoms with Crippen molar-refractivity contribution in [1.29, 1.82) is 0 Å². The molecule has 3 aromatic rings. The number of nitrogens with zero attached hydrogens (tertiary/aromatic N) is 2. The molecule has 1 atom stereocenters. The Balaban J connectivity index is 1.42. The van der Waals surface area contributed by atoms with E-state index in [-0.39, 0.29) is 74.5 Å². The van der Waals surface area contributed by atoms with Gasteiger partial charge in [-0.1, -0.05) is 12.1 Å². The molecule has 1 aliphatic carbocycles. The van der Waals surface area contributed by atoms with Crippen LogP contribution in [0.1, 0.15) is 16.7 Å². The van der Waals surface area contributed by atoms with Gasteiger partial charge in [-0.25, -0.2) is 8.78 Å². The highest BCUT2D eigenvalue weighted by molar-refractivity contribution is 5.92. The number of phenolic OH excluding ortho intramolecular Hbond substituents is 1. The van der Waals surface area contributed by atoms with Crippen molar-refractivity contribution in [2.45, 2.75) is 13.0 Å². The van der Waals surface area contributed by atoms with E-state index in [0.717, 1.165) is 29.8 Å². The Morgan fingerprint density at radius 3 is 2.10 bits per heavy atom. The molecule has 3 aliphatic rings. The van der Waals surface area contributed by atoms with Gasteiger partial charge in [0.2, 0.25) is 0 Å². The second kappa shape index (κ2) is 14.5. The van der Waals surface area contributed by atoms with Gasteiger partial charge >= 0.3 is 11.9 Å². The average molecular weight is 693 g/mol. The van der Waals surface area contributed by atoms with Gasteiger partial charge in [-0.15, -0.1) is 0 Å². The van der Waals surface area contributed by atoms with E-state index >= 15 is 0 Å². The molecule has 6 rings (SSSR count). The minimum Gasteiger partial charge on any atom is -0.505 e. The number of aliphatic hydroxyl groups excluding tert-OH is 1. The molecule has 0 saturated heterocycles. The fraction of sp³-hybridized carbons (Fsp3) is 0.278. The molecule has 0 fully saturated rings. The lowest BCUT2D eigenvalue weighted by atomic mass is 9.86. The van der Waals surface area contributed by atoms with Crippen LogP contribution in [0.5, 0.6) is 23.0 Å². The summed E-state index contributed by atoms with van der Waals surface area (Å²) in [5.41, 5.74) is 2.96. The summed E-state index contributed by atoms with van der Waals surface area (Å²) in [6.07, 6.45) is 0.684. The highest BCUT2D eigenvalue weighted by atomic mass is 19.1. The lowest BCUT2D eigenvalue weighted by molar-refractivity contribution is -0.136. The van der Waals surface area contributed by atoms with Crippen LogP contribution in [0.25, 0.3) is 5.57 Å². The first-order chi connectivity index (χ1) is 24.0. The molecular formula is C36H34F2N2O10. The number of hydrogen-bond donors (Lipinski definition) is 4. The maximum Gasteiger partial charge on any atom is 0.323 e. The maximum absolute atomic E-state index is 14.8. The highest BCUT2D eigenvalue weighted by Crippen LogP contribution is 2.47. The van der Waals surface area contributed by atoms with E-state index in [1.54, 1.807) is 40.1 Å². The van der Waals surface area contributed by atoms with Gasteiger partial charge in [0.05, 0.1) is 24.6 Å². The molecular weight excluding hydrogens is 658 g/mol. The van der Waals surface area contributed by atoms with E-state index in [1.165, 1.54) is 0 Å². The number of aryl methyl sites for hydroxylation is 1. The minimum atomic E-state index is -1.57. The molecule has 262 valence electrons. The molecule has 0 aromatic heterocycles. The number of hydrogen-bond acceptors (Lipinski definition) is 10. The summed E-state index contributed by atoms with van der Waals surface area (Å²) in [4.78, 5) is 26.8. The summed E-state index contributed by atoms with van der Waals surface area (Å²) >= 11 is 0. The largest absolute Gasteiger partial charge is 0.505 e. The predicted octanol–water partition coefficient (Wildman–Crippen LogP) is 4.42. The number of halogens is 2. The number of phenols is 1. The van der Waals surface area contributed by atoms with Crippen LogP contribution in [-0.2, 0) is 14.3 Å². The number of ether oxygens (including phenoxy) is 4. The molecule has 14 heteroatoms. The van der Waals surface area contributed by atoms with Gasteiger partial charge in [-0.2, -0.15) is 0 Å². The summed E-state index contributed by atoms with van der Waals surface area (Å²) in [6, 6.07) is 12.4. The van der Waals surface area contributed by atoms with Gasteiger partial charge in [0.25, 0.3) is 0 Å². The number of benzene rings is 3. The molecule has 3 aromatic carbocycles. The van der Waals surface area contributed by atoms with Gasteiger partial charge in [-0.05, 0) is 60.5 Å². The molecule has 0 amide bonds. The van der Waals surface area contributed by atoms with Crippen LogP contribution in [0.2, 0.25) is 0 Å². The van der Waals surface area contributed by atoms with Crippen molar-refractivity contribution in [3.8, 4) is 23.0 Å². The summed E-state index contributed by atoms with van der Waals surface area (Å²) in [7, 11) is 0. The van der Waals surface area contributed by atoms with Crippen LogP contribution in [0, 0.1) is 12.7 Å². The van der Waals surface area contributed by atoms with Crippen LogP contribution in [0.4, 0.5) is 20.2 Å². The summed E-state index contributed by atoms with van der Waals surface area (Å²) < 4.78 is 53.5. The fourth-order valence-corrected chi connectivity index (χ4v) is 5.98. The standard InChI is InChI=1S/C36H34F2N2O10/c1-20-2-4-26-32(12-20)48-10-11-49-33-13-21(3-5-27(33)40(19-35(45)46)7-9-47-8-6-39(26)18-34(43)44)36-22-14-24(37)28(41)16-30(22)50-31-17-29(42)25(38)15-23(31)36/h2-5,12-17,28,41-42H,6-11,18-19H2,1H3,(H,43,44)(H,45,46). The van der Waals surface area contributed by atoms with Crippen molar-refractivity contribution in [3.63, 3.8) is 0 Å². The van der Waals surface area contributed by atoms with Gasteiger partial charge < -0.3 is 49.2 Å². The number of anilines is 2. The predicted molar refractivity (Wildman–Crippen MR) is 177 cm³/mol. The number of carboxylic acid groups (broad SMARTS) is 2. The van der Waals surface area contributed by atoms with Crippen LogP contribution < -0.4 is 24.0 Å². The van der Waals surface area contributed by atoms with Crippen molar-refractivity contribution in [1.82, 2.24) is 0 Å². The van der Waals surface area contributed by atoms with E-state index < -0.39 is 42.0 Å². The first kappa shape index (κ1) is 34.3. The SMILES string of the molecule is Cc1ccc2c(c1)OCCOc1cc(C3=C4C=C(F)C(O)C=C4Oc4cc(O)c(F)cc43)ccc1N(CC(=O)O)CCOCCN2CC(=O)O. The Bertz CT molecular complexity index is 1920. The van der Waals surface area contributed by atoms with Crippen molar-refractivity contribution in [2.75, 3.05) is 62.4 Å². The highest BCUT2D eigenvalue weighted by Gasteiger charge is 2.31. The second-order valence-corrected chi connectivity index (χ2v) is 11.8. The molecule has 0 saturated carbocycles. The van der Waals surface area contributed by atoms with E-state index in [4.69, 9.17) is 18.9 Å². The van der Waals surface area contributed by atoms with Gasteiger partial charge in [0.15, 0.2) is 11.6 Å². The third kappa shape index (κ3) is 7.36. The fourth-order valence-electron chi connectivity index (χ4n) is 5.98. The number of aliphatic carboxylic acids is 2. The Kier molecular flexibility index (Phi) is 9.93. The summed E-state index contributed by atoms with van der Waals surface area (Å²) in [6.45, 7) is 1.73. The minimum absolute atomic E-state index is 0.0181. The van der Waals surface area contributed by atoms with E-state index in [1.807, 2.05) is 13.0 Å². The normalized spacial score (nSPS) is 18.0. The smallest absolute Gasteiger partial charge is 0.323 e. The van der Waals surface area contributed by atoms with Crippen LogP contribution in [-0.4, -0.2) is 91.1 Å². The number of carboxylic acids is 2. The molecule has 0 bridgehead atoms. The molecule has 12 nitrogen and oxygen atoms in total. The second-order valence-electron chi connectivity index (χ2n) is 11.8. The Labute approximate surface area is 285 Å². The van der Waals surface area contributed by atoms with E-state index in [2.05, 4.69) is 0 Å². The number of aromatic hydroxyl groups is 1. The van der Waals surface area contributed by atoms with Crippen molar-refractivity contribution in [2.24, 2.45) is 0 Å². The van der Waals surface area contributed by atoms with E-state index in [9.17, 15) is 38.8 Å². The lowest BCUT2D eigenvalue weighted by Gasteiger charge is -2.29. The zero-order chi connectivity index (χ0) is 35.5. The zero-order valence-electron chi connectivity index (χ0n) is 26.9. The van der Waals surface area contributed by atoms with Crippen molar-refractivity contribution >= 4 is 28.9 Å². The third-order valence-corrected chi connectivity index (χ3v) is 8.25. The van der Waals surface area contributed by atoms with Crippen molar-refractivity contribution in [3.05, 3.63) is 100 Å². The van der Waals surface area contributed by atoms with E-state index in [0.29, 0.717) is 28.3 Å². The number of aliphatic hydroxyl groups is 1. The van der Waals surface area contributed by atoms with Crippen molar-refractivity contribution < 1.29 is 57.7 Å². The lowest BCUT2D eigenvalue weighted by Crippen LogP contribution is -2.35. The topological polar surface area (TPSA) is 158 Å². The van der Waals surface area contributed by atoms with Crippen LogP contribution in [0.3, 0.4) is 0 Å². The Morgan fingerprint density at radius 2 is 1.46 bits per heavy atom. The number of carbonyl (C=O) groups is 2. The first-order valence-corrected chi connectivity index (χ1v) is 15.7. The molecule has 0 radical (unpaired) electrons. The average Bonchev–Trinajstić information content (AvgIpc) is 3.06. The summed E-state index contributed by atoms with van der Waals surface area (Å²) in [5, 5.41) is 39.6. The molecule has 50 heavy (non-hydrogen) atoms. The number of rotatable bonds is 5.